The van der Waals surface area contributed by atoms with Gasteiger partial charge < -0.3 is 14.6 Å². The van der Waals surface area contributed by atoms with Crippen molar-refractivity contribution in [3.63, 3.8) is 0 Å². The van der Waals surface area contributed by atoms with Gasteiger partial charge in [-0.3, -0.25) is 14.3 Å². The van der Waals surface area contributed by atoms with Crippen LogP contribution in [-0.4, -0.2) is 79.7 Å². The molecule has 9 nitrogen and oxygen atoms in total. The van der Waals surface area contributed by atoms with Gasteiger partial charge >= 0.3 is 12.1 Å². The standard InChI is InChI=1S/C18H27N5O2.C2HF3O2/c1-21-13-15(12-20-21)14-22-9-11-25-18-16(22)4-5-17(18)24-10-3-8-23-7-2-6-19-23;3-2(4,5)1(6)7/h2,6-7,12-13,16-18H,3-5,8-11,14H2,1H3;(H,6,7)/t16-,17+,18+;/m0./s1. The van der Waals surface area contributed by atoms with Crippen molar-refractivity contribution >= 4 is 5.97 Å². The van der Waals surface area contributed by atoms with E-state index in [2.05, 4.69) is 21.3 Å². The van der Waals surface area contributed by atoms with Crippen molar-refractivity contribution in [2.24, 2.45) is 7.05 Å². The molecule has 32 heavy (non-hydrogen) atoms. The second-order valence-corrected chi connectivity index (χ2v) is 7.81. The van der Waals surface area contributed by atoms with Crippen LogP contribution >= 0.6 is 0 Å². The van der Waals surface area contributed by atoms with Crippen molar-refractivity contribution < 1.29 is 32.5 Å². The Labute approximate surface area is 183 Å². The lowest BCUT2D eigenvalue weighted by atomic mass is 10.1. The molecule has 12 heteroatoms. The molecule has 4 rings (SSSR count). The number of halogens is 3. The molecule has 0 bridgehead atoms. The predicted molar refractivity (Wildman–Crippen MR) is 107 cm³/mol. The lowest BCUT2D eigenvalue weighted by Crippen LogP contribution is -2.51. The molecule has 3 heterocycles. The van der Waals surface area contributed by atoms with E-state index < -0.39 is 12.1 Å². The maximum Gasteiger partial charge on any atom is 0.490 e. The summed E-state index contributed by atoms with van der Waals surface area (Å²) >= 11 is 0. The van der Waals surface area contributed by atoms with Crippen LogP contribution in [0.25, 0.3) is 0 Å². The number of alkyl halides is 3. The van der Waals surface area contributed by atoms with Crippen LogP contribution in [0.4, 0.5) is 13.2 Å². The number of carboxylic acid groups (broad SMARTS) is 1. The molecule has 2 fully saturated rings. The first kappa shape index (κ1) is 24.2. The van der Waals surface area contributed by atoms with Crippen molar-refractivity contribution in [3.05, 3.63) is 36.4 Å². The van der Waals surface area contributed by atoms with Gasteiger partial charge in [-0.25, -0.2) is 4.79 Å². The Morgan fingerprint density at radius 3 is 2.75 bits per heavy atom. The second kappa shape index (κ2) is 10.9. The highest BCUT2D eigenvalue weighted by Crippen LogP contribution is 2.33. The smallest absolute Gasteiger partial charge is 0.475 e. The first-order chi connectivity index (χ1) is 15.2. The van der Waals surface area contributed by atoms with Gasteiger partial charge in [-0.1, -0.05) is 0 Å². The Kier molecular flexibility index (Phi) is 8.26. The minimum absolute atomic E-state index is 0.204. The number of aryl methyl sites for hydroxylation is 2. The summed E-state index contributed by atoms with van der Waals surface area (Å²) in [6, 6.07) is 2.42. The van der Waals surface area contributed by atoms with Gasteiger partial charge in [0.05, 0.1) is 25.0 Å². The molecule has 0 spiro atoms. The van der Waals surface area contributed by atoms with Gasteiger partial charge in [0, 0.05) is 63.5 Å². The average molecular weight is 459 g/mol. The molecule has 1 saturated heterocycles. The Hall–Kier alpha value is -2.44. The van der Waals surface area contributed by atoms with E-state index in [4.69, 9.17) is 19.4 Å². The van der Waals surface area contributed by atoms with Gasteiger partial charge in [0.25, 0.3) is 0 Å². The topological polar surface area (TPSA) is 94.6 Å². The van der Waals surface area contributed by atoms with Gasteiger partial charge in [0.15, 0.2) is 0 Å². The Morgan fingerprint density at radius 1 is 1.34 bits per heavy atom. The van der Waals surface area contributed by atoms with Crippen molar-refractivity contribution in [1.82, 2.24) is 24.5 Å². The summed E-state index contributed by atoms with van der Waals surface area (Å²) in [6.07, 6.45) is 6.42. The fourth-order valence-corrected chi connectivity index (χ4v) is 4.05. The first-order valence-electron chi connectivity index (χ1n) is 10.5. The summed E-state index contributed by atoms with van der Waals surface area (Å²) in [5.41, 5.74) is 1.27. The van der Waals surface area contributed by atoms with Crippen molar-refractivity contribution in [2.45, 2.75) is 56.8 Å². The van der Waals surface area contributed by atoms with Gasteiger partial charge in [0.1, 0.15) is 0 Å². The molecule has 1 aliphatic carbocycles. The molecule has 1 saturated carbocycles. The highest BCUT2D eigenvalue weighted by molar-refractivity contribution is 5.73. The number of carbonyl (C=O) groups is 1. The SMILES string of the molecule is Cn1cc(CN2CCO[C@H]3[C@H](OCCCn4cccn4)CC[C@@H]32)cn1.O=C(O)C(F)(F)F. The van der Waals surface area contributed by atoms with Crippen molar-refractivity contribution in [1.29, 1.82) is 0 Å². The summed E-state index contributed by atoms with van der Waals surface area (Å²) in [5, 5.41) is 15.6. The third kappa shape index (κ3) is 6.78. The summed E-state index contributed by atoms with van der Waals surface area (Å²) < 4.78 is 47.8. The quantitative estimate of drug-likeness (QED) is 0.634. The van der Waals surface area contributed by atoms with Crippen LogP contribution in [-0.2, 0) is 34.4 Å². The zero-order chi connectivity index (χ0) is 23.1. The lowest BCUT2D eigenvalue weighted by Gasteiger charge is -2.38. The fourth-order valence-electron chi connectivity index (χ4n) is 4.05. The summed E-state index contributed by atoms with van der Waals surface area (Å²) in [4.78, 5) is 11.4. The summed E-state index contributed by atoms with van der Waals surface area (Å²) in [5.74, 6) is -2.76. The maximum atomic E-state index is 10.6. The predicted octanol–water partition coefficient (Wildman–Crippen LogP) is 2.09. The van der Waals surface area contributed by atoms with Crippen LogP contribution in [0.5, 0.6) is 0 Å². The third-order valence-corrected chi connectivity index (χ3v) is 5.46. The van der Waals surface area contributed by atoms with E-state index in [0.29, 0.717) is 6.04 Å². The molecule has 1 N–H and O–H groups in total. The van der Waals surface area contributed by atoms with Gasteiger partial charge in [-0.15, -0.1) is 0 Å². The van der Waals surface area contributed by atoms with Crippen LogP contribution in [0.3, 0.4) is 0 Å². The van der Waals surface area contributed by atoms with E-state index in [0.717, 1.165) is 52.1 Å². The minimum atomic E-state index is -5.08. The fraction of sp³-hybridized carbons (Fsp3) is 0.650. The third-order valence-electron chi connectivity index (χ3n) is 5.46. The zero-order valence-corrected chi connectivity index (χ0v) is 17.8. The van der Waals surface area contributed by atoms with Crippen molar-refractivity contribution in [3.8, 4) is 0 Å². The number of hydrogen-bond donors (Lipinski definition) is 1. The van der Waals surface area contributed by atoms with E-state index in [-0.39, 0.29) is 12.2 Å². The number of ether oxygens (including phenoxy) is 2. The average Bonchev–Trinajstić information content (AvgIpc) is 3.47. The van der Waals surface area contributed by atoms with Gasteiger partial charge in [-0.05, 0) is 25.3 Å². The highest BCUT2D eigenvalue weighted by Gasteiger charge is 2.43. The summed E-state index contributed by atoms with van der Waals surface area (Å²) in [7, 11) is 1.97. The van der Waals surface area contributed by atoms with Crippen LogP contribution in [0.2, 0.25) is 0 Å². The molecule has 3 atom stereocenters. The molecular weight excluding hydrogens is 431 g/mol. The van der Waals surface area contributed by atoms with E-state index in [9.17, 15) is 13.2 Å². The number of fused-ring (bicyclic) bond motifs is 1. The molecule has 2 aromatic rings. The first-order valence-corrected chi connectivity index (χ1v) is 10.5. The zero-order valence-electron chi connectivity index (χ0n) is 17.8. The van der Waals surface area contributed by atoms with Gasteiger partial charge in [-0.2, -0.15) is 23.4 Å². The molecule has 2 aromatic heterocycles. The number of carboxylic acids is 1. The largest absolute Gasteiger partial charge is 0.490 e. The number of rotatable bonds is 7. The molecule has 0 aromatic carbocycles. The molecule has 2 aliphatic rings. The monoisotopic (exact) mass is 459 g/mol. The van der Waals surface area contributed by atoms with Gasteiger partial charge in [0.2, 0.25) is 0 Å². The number of aliphatic carboxylic acids is 1. The number of hydrogen-bond acceptors (Lipinski definition) is 6. The maximum absolute atomic E-state index is 10.6. The van der Waals surface area contributed by atoms with Crippen LogP contribution in [0.1, 0.15) is 24.8 Å². The summed E-state index contributed by atoms with van der Waals surface area (Å²) in [6.45, 7) is 4.39. The normalized spacial score (nSPS) is 23.4. The lowest BCUT2D eigenvalue weighted by molar-refractivity contribution is -0.192. The Morgan fingerprint density at radius 2 is 2.12 bits per heavy atom. The molecule has 0 radical (unpaired) electrons. The second-order valence-electron chi connectivity index (χ2n) is 7.81. The molecule has 178 valence electrons. The number of nitrogens with zero attached hydrogens (tertiary/aromatic N) is 5. The number of morpholine rings is 1. The molecule has 1 aliphatic heterocycles. The van der Waals surface area contributed by atoms with Crippen LogP contribution < -0.4 is 0 Å². The Bertz CT molecular complexity index is 843. The molecule has 0 unspecified atom stereocenters. The van der Waals surface area contributed by atoms with Crippen LogP contribution in [0.15, 0.2) is 30.9 Å². The molecular formula is C20H28F3N5O4. The molecule has 0 amide bonds. The van der Waals surface area contributed by atoms with E-state index in [1.54, 1.807) is 0 Å². The minimum Gasteiger partial charge on any atom is -0.475 e. The highest BCUT2D eigenvalue weighted by atomic mass is 19.4. The van der Waals surface area contributed by atoms with E-state index in [1.165, 1.54) is 5.56 Å². The van der Waals surface area contributed by atoms with Crippen molar-refractivity contribution in [2.75, 3.05) is 19.8 Å². The Balaban J connectivity index is 0.000000360. The van der Waals surface area contributed by atoms with E-state index >= 15 is 0 Å². The number of aromatic nitrogens is 4. The van der Waals surface area contributed by atoms with Crippen LogP contribution in [0, 0.1) is 0 Å². The van der Waals surface area contributed by atoms with E-state index in [1.807, 2.05) is 41.1 Å².